The summed E-state index contributed by atoms with van der Waals surface area (Å²) in [5.74, 6) is 2.08. The first kappa shape index (κ1) is 18.2. The summed E-state index contributed by atoms with van der Waals surface area (Å²) >= 11 is 0. The lowest BCUT2D eigenvalue weighted by atomic mass is 9.72. The number of carbonyl (C=O) groups is 1. The van der Waals surface area contributed by atoms with Crippen LogP contribution in [0.1, 0.15) is 42.9 Å². The topological polar surface area (TPSA) is 65.1 Å². The highest BCUT2D eigenvalue weighted by molar-refractivity contribution is 5.77. The normalized spacial score (nSPS) is 20.3. The Hall–Kier alpha value is -2.21. The lowest BCUT2D eigenvalue weighted by molar-refractivity contribution is -0.139. The molecule has 3 heterocycles. The maximum absolute atomic E-state index is 12.4. The molecule has 2 saturated heterocycles. The number of carbonyl (C=O) groups excluding carboxylic acids is 1. The van der Waals surface area contributed by atoms with Crippen molar-refractivity contribution in [3.8, 4) is 0 Å². The summed E-state index contributed by atoms with van der Waals surface area (Å²) in [6.45, 7) is 6.64. The van der Waals surface area contributed by atoms with Crippen LogP contribution in [-0.2, 0) is 17.8 Å². The minimum Gasteiger partial charge on any atom is -0.342 e. The second-order valence-corrected chi connectivity index (χ2v) is 8.16. The van der Waals surface area contributed by atoms with Gasteiger partial charge in [-0.3, -0.25) is 14.8 Å². The predicted octanol–water partition coefficient (Wildman–Crippen LogP) is 2.56. The van der Waals surface area contributed by atoms with Gasteiger partial charge in [-0.2, -0.15) is 5.10 Å². The van der Waals surface area contributed by atoms with E-state index in [1.54, 1.807) is 0 Å². The summed E-state index contributed by atoms with van der Waals surface area (Å²) in [6.07, 6.45) is 5.01. The Morgan fingerprint density at radius 2 is 1.93 bits per heavy atom. The SMILES string of the molecule is Cc1nc(CN2CCC3(CCC(=O)N(CCc4ccccc4)C3)CC2)n[nH]1. The van der Waals surface area contributed by atoms with Crippen molar-refractivity contribution in [1.82, 2.24) is 25.0 Å². The van der Waals surface area contributed by atoms with Gasteiger partial charge in [-0.25, -0.2) is 4.98 Å². The quantitative estimate of drug-likeness (QED) is 0.882. The number of likely N-dealkylation sites (tertiary alicyclic amines) is 2. The number of nitrogens with zero attached hydrogens (tertiary/aromatic N) is 4. The smallest absolute Gasteiger partial charge is 0.222 e. The lowest BCUT2D eigenvalue weighted by Gasteiger charge is -2.47. The Labute approximate surface area is 161 Å². The zero-order chi connectivity index (χ0) is 18.7. The Balaban J connectivity index is 1.31. The van der Waals surface area contributed by atoms with Gasteiger partial charge in [0.15, 0.2) is 5.82 Å². The standard InChI is InChI=1S/C21H29N5O/c1-17-22-19(24-23-17)15-25-13-10-21(11-14-25)9-7-20(27)26(16-21)12-8-18-5-3-2-4-6-18/h2-6H,7-16H2,1H3,(H,22,23,24). The van der Waals surface area contributed by atoms with Gasteiger partial charge in [0, 0.05) is 19.5 Å². The van der Waals surface area contributed by atoms with Gasteiger partial charge in [-0.05, 0) is 56.7 Å². The first-order chi connectivity index (χ1) is 13.1. The van der Waals surface area contributed by atoms with Gasteiger partial charge in [-0.15, -0.1) is 0 Å². The van der Waals surface area contributed by atoms with E-state index in [0.29, 0.717) is 17.7 Å². The molecule has 6 heteroatoms. The Bertz CT molecular complexity index is 764. The zero-order valence-electron chi connectivity index (χ0n) is 16.2. The van der Waals surface area contributed by atoms with Gasteiger partial charge in [0.2, 0.25) is 5.91 Å². The highest BCUT2D eigenvalue weighted by Gasteiger charge is 2.40. The first-order valence-corrected chi connectivity index (χ1v) is 10.0. The van der Waals surface area contributed by atoms with Crippen LogP contribution in [-0.4, -0.2) is 57.1 Å². The van der Waals surface area contributed by atoms with Crippen LogP contribution in [0, 0.1) is 12.3 Å². The van der Waals surface area contributed by atoms with E-state index in [0.717, 1.165) is 70.1 Å². The predicted molar refractivity (Wildman–Crippen MR) is 104 cm³/mol. The van der Waals surface area contributed by atoms with Gasteiger partial charge in [0.05, 0.1) is 6.54 Å². The van der Waals surface area contributed by atoms with Crippen LogP contribution in [0.4, 0.5) is 0 Å². The van der Waals surface area contributed by atoms with E-state index in [1.165, 1.54) is 5.56 Å². The first-order valence-electron chi connectivity index (χ1n) is 10.0. The summed E-state index contributed by atoms with van der Waals surface area (Å²) in [5, 5.41) is 7.18. The Kier molecular flexibility index (Phi) is 5.25. The number of amides is 1. The van der Waals surface area contributed by atoms with E-state index in [1.807, 2.05) is 13.0 Å². The maximum atomic E-state index is 12.4. The molecule has 0 radical (unpaired) electrons. The van der Waals surface area contributed by atoms with Crippen molar-refractivity contribution < 1.29 is 4.79 Å². The summed E-state index contributed by atoms with van der Waals surface area (Å²) < 4.78 is 0. The van der Waals surface area contributed by atoms with Crippen LogP contribution < -0.4 is 0 Å². The monoisotopic (exact) mass is 367 g/mol. The fraction of sp³-hybridized carbons (Fsp3) is 0.571. The molecule has 1 aromatic heterocycles. The molecule has 2 aliphatic heterocycles. The molecule has 144 valence electrons. The molecule has 0 unspecified atom stereocenters. The van der Waals surface area contributed by atoms with E-state index in [9.17, 15) is 4.79 Å². The summed E-state index contributed by atoms with van der Waals surface area (Å²) in [4.78, 5) is 21.4. The molecule has 0 atom stereocenters. The number of aromatic amines is 1. The Morgan fingerprint density at radius 1 is 1.15 bits per heavy atom. The van der Waals surface area contributed by atoms with Crippen LogP contribution in [0.5, 0.6) is 0 Å². The molecular weight excluding hydrogens is 338 g/mol. The highest BCUT2D eigenvalue weighted by Crippen LogP contribution is 2.40. The second-order valence-electron chi connectivity index (χ2n) is 8.16. The minimum atomic E-state index is 0.302. The number of benzene rings is 1. The number of aryl methyl sites for hydroxylation is 1. The molecule has 0 aliphatic carbocycles. The van der Waals surface area contributed by atoms with Gasteiger partial charge < -0.3 is 4.90 Å². The molecule has 0 saturated carbocycles. The van der Waals surface area contributed by atoms with Gasteiger partial charge in [0.25, 0.3) is 0 Å². The van der Waals surface area contributed by atoms with Crippen LogP contribution in [0.2, 0.25) is 0 Å². The molecule has 1 spiro atoms. The molecule has 1 N–H and O–H groups in total. The van der Waals surface area contributed by atoms with E-state index in [-0.39, 0.29) is 0 Å². The van der Waals surface area contributed by atoms with Gasteiger partial charge in [-0.1, -0.05) is 30.3 Å². The number of hydrogen-bond acceptors (Lipinski definition) is 4. The fourth-order valence-electron chi connectivity index (χ4n) is 4.47. The van der Waals surface area contributed by atoms with Crippen molar-refractivity contribution in [3.63, 3.8) is 0 Å². The van der Waals surface area contributed by atoms with Crippen molar-refractivity contribution >= 4 is 5.91 Å². The molecule has 2 aromatic rings. The fourth-order valence-corrected chi connectivity index (χ4v) is 4.47. The van der Waals surface area contributed by atoms with E-state index < -0.39 is 0 Å². The van der Waals surface area contributed by atoms with E-state index in [4.69, 9.17) is 0 Å². The van der Waals surface area contributed by atoms with Crippen molar-refractivity contribution in [3.05, 3.63) is 47.5 Å². The van der Waals surface area contributed by atoms with Crippen molar-refractivity contribution in [1.29, 1.82) is 0 Å². The maximum Gasteiger partial charge on any atom is 0.222 e. The molecular formula is C21H29N5O. The number of H-pyrrole nitrogens is 1. The van der Waals surface area contributed by atoms with Crippen LogP contribution in [0.15, 0.2) is 30.3 Å². The van der Waals surface area contributed by atoms with Crippen LogP contribution in [0.25, 0.3) is 0 Å². The number of rotatable bonds is 5. The third-order valence-corrected chi connectivity index (χ3v) is 6.19. The number of aromatic nitrogens is 3. The second kappa shape index (κ2) is 7.80. The number of piperidine rings is 2. The van der Waals surface area contributed by atoms with E-state index >= 15 is 0 Å². The van der Waals surface area contributed by atoms with Crippen molar-refractivity contribution in [2.24, 2.45) is 5.41 Å². The molecule has 2 aliphatic rings. The molecule has 0 bridgehead atoms. The van der Waals surface area contributed by atoms with Crippen molar-refractivity contribution in [2.75, 3.05) is 26.2 Å². The third kappa shape index (κ3) is 4.38. The van der Waals surface area contributed by atoms with Gasteiger partial charge in [0.1, 0.15) is 5.82 Å². The molecule has 2 fully saturated rings. The number of hydrogen-bond donors (Lipinski definition) is 1. The number of nitrogens with one attached hydrogen (secondary N) is 1. The minimum absolute atomic E-state index is 0.302. The van der Waals surface area contributed by atoms with Crippen LogP contribution >= 0.6 is 0 Å². The average Bonchev–Trinajstić information content (AvgIpc) is 3.10. The largest absolute Gasteiger partial charge is 0.342 e. The lowest BCUT2D eigenvalue weighted by Crippen LogP contribution is -2.51. The molecule has 4 rings (SSSR count). The zero-order valence-corrected chi connectivity index (χ0v) is 16.2. The average molecular weight is 367 g/mol. The third-order valence-electron chi connectivity index (χ3n) is 6.19. The Morgan fingerprint density at radius 3 is 2.63 bits per heavy atom. The molecule has 6 nitrogen and oxygen atoms in total. The molecule has 1 amide bonds. The summed E-state index contributed by atoms with van der Waals surface area (Å²) in [5.41, 5.74) is 1.61. The van der Waals surface area contributed by atoms with Gasteiger partial charge >= 0.3 is 0 Å². The van der Waals surface area contributed by atoms with Crippen LogP contribution in [0.3, 0.4) is 0 Å². The molecule has 27 heavy (non-hydrogen) atoms. The van der Waals surface area contributed by atoms with E-state index in [2.05, 4.69) is 49.2 Å². The summed E-state index contributed by atoms with van der Waals surface area (Å²) in [6, 6.07) is 10.5. The highest BCUT2D eigenvalue weighted by atomic mass is 16.2. The van der Waals surface area contributed by atoms with Crippen molar-refractivity contribution in [2.45, 2.75) is 45.6 Å². The summed E-state index contributed by atoms with van der Waals surface area (Å²) in [7, 11) is 0. The molecule has 1 aromatic carbocycles.